The summed E-state index contributed by atoms with van der Waals surface area (Å²) in [6, 6.07) is 11.4. The molecule has 2 N–H and O–H groups in total. The normalized spacial score (nSPS) is 16.5. The fourth-order valence-electron chi connectivity index (χ4n) is 3.16. The number of carbonyl (C=O) groups excluding carboxylic acids is 1. The minimum Gasteiger partial charge on any atom is -0.331 e. The lowest BCUT2D eigenvalue weighted by Crippen LogP contribution is -2.29. The van der Waals surface area contributed by atoms with Crippen LogP contribution in [0.1, 0.15) is 35.2 Å². The Morgan fingerprint density at radius 1 is 1.22 bits per heavy atom. The minimum atomic E-state index is 0.0201. The summed E-state index contributed by atoms with van der Waals surface area (Å²) < 4.78 is 0. The molecule has 0 radical (unpaired) electrons. The highest BCUT2D eigenvalue weighted by molar-refractivity contribution is 6.36. The van der Waals surface area contributed by atoms with Crippen molar-refractivity contribution < 1.29 is 4.79 Å². The van der Waals surface area contributed by atoms with Crippen molar-refractivity contribution in [1.29, 1.82) is 0 Å². The molecule has 120 valence electrons. The Hall–Kier alpha value is -1.55. The van der Waals surface area contributed by atoms with Gasteiger partial charge in [-0.05, 0) is 41.3 Å². The maximum absolute atomic E-state index is 12.8. The highest BCUT2D eigenvalue weighted by atomic mass is 35.5. The molecule has 0 aromatic heterocycles. The van der Waals surface area contributed by atoms with Crippen LogP contribution in [0.5, 0.6) is 0 Å². The van der Waals surface area contributed by atoms with Crippen molar-refractivity contribution in [3.05, 3.63) is 68.7 Å². The van der Waals surface area contributed by atoms with Crippen LogP contribution in [0.25, 0.3) is 0 Å². The number of nitrogens with two attached hydrogens (primary N) is 1. The topological polar surface area (TPSA) is 46.3 Å². The molecule has 5 heteroatoms. The van der Waals surface area contributed by atoms with Gasteiger partial charge in [-0.2, -0.15) is 0 Å². The Bertz CT molecular complexity index is 740. The molecule has 1 unspecified atom stereocenters. The standard InChI is InChI=1S/C18H18Cl2N2O/c1-11-13-5-2-4-12(9-21)15(13)10-22(11)18(23)8-14-16(19)6-3-7-17(14)20/h2-7,11H,8-10,21H2,1H3. The van der Waals surface area contributed by atoms with Crippen molar-refractivity contribution in [3.63, 3.8) is 0 Å². The molecule has 0 saturated carbocycles. The Morgan fingerprint density at radius 2 is 1.87 bits per heavy atom. The van der Waals surface area contributed by atoms with Crippen LogP contribution < -0.4 is 5.73 Å². The molecule has 1 aliphatic heterocycles. The highest BCUT2D eigenvalue weighted by Crippen LogP contribution is 2.36. The quantitative estimate of drug-likeness (QED) is 0.907. The maximum atomic E-state index is 12.8. The van der Waals surface area contributed by atoms with Crippen molar-refractivity contribution in [2.75, 3.05) is 0 Å². The van der Waals surface area contributed by atoms with Crippen LogP contribution in [0.2, 0.25) is 10.0 Å². The van der Waals surface area contributed by atoms with Crippen molar-refractivity contribution in [2.24, 2.45) is 5.73 Å². The first kappa shape index (κ1) is 16.3. The zero-order chi connectivity index (χ0) is 16.6. The van der Waals surface area contributed by atoms with Crippen LogP contribution in [0.3, 0.4) is 0 Å². The van der Waals surface area contributed by atoms with Crippen LogP contribution in [0.15, 0.2) is 36.4 Å². The number of benzene rings is 2. The van der Waals surface area contributed by atoms with E-state index >= 15 is 0 Å². The Labute approximate surface area is 146 Å². The second-order valence-electron chi connectivity index (χ2n) is 5.76. The lowest BCUT2D eigenvalue weighted by molar-refractivity contribution is -0.132. The molecule has 1 heterocycles. The number of hydrogen-bond acceptors (Lipinski definition) is 2. The summed E-state index contributed by atoms with van der Waals surface area (Å²) in [5, 5.41) is 1.05. The summed E-state index contributed by atoms with van der Waals surface area (Å²) in [4.78, 5) is 14.6. The highest BCUT2D eigenvalue weighted by Gasteiger charge is 2.31. The number of rotatable bonds is 3. The van der Waals surface area contributed by atoms with Gasteiger partial charge < -0.3 is 10.6 Å². The third-order valence-corrected chi connectivity index (χ3v) is 5.19. The van der Waals surface area contributed by atoms with Crippen molar-refractivity contribution in [3.8, 4) is 0 Å². The number of fused-ring (bicyclic) bond motifs is 1. The molecule has 2 aromatic carbocycles. The van der Waals surface area contributed by atoms with Gasteiger partial charge in [0.25, 0.3) is 0 Å². The average Bonchev–Trinajstić information content (AvgIpc) is 2.88. The van der Waals surface area contributed by atoms with E-state index < -0.39 is 0 Å². The molecule has 2 aromatic rings. The smallest absolute Gasteiger partial charge is 0.227 e. The van der Waals surface area contributed by atoms with E-state index in [1.165, 1.54) is 11.1 Å². The number of halogens is 2. The second-order valence-corrected chi connectivity index (χ2v) is 6.58. The van der Waals surface area contributed by atoms with E-state index in [-0.39, 0.29) is 18.4 Å². The predicted molar refractivity (Wildman–Crippen MR) is 93.5 cm³/mol. The number of carbonyl (C=O) groups is 1. The molecule has 0 spiro atoms. The first-order valence-corrected chi connectivity index (χ1v) is 8.31. The summed E-state index contributed by atoms with van der Waals surface area (Å²) in [6.45, 7) is 3.11. The molecule has 1 atom stereocenters. The SMILES string of the molecule is CC1c2cccc(CN)c2CN1C(=O)Cc1c(Cl)cccc1Cl. The monoisotopic (exact) mass is 348 g/mol. The molecule has 1 amide bonds. The van der Waals surface area contributed by atoms with Crippen molar-refractivity contribution in [2.45, 2.75) is 32.5 Å². The fourth-order valence-corrected chi connectivity index (χ4v) is 3.69. The van der Waals surface area contributed by atoms with Gasteiger partial charge >= 0.3 is 0 Å². The minimum absolute atomic E-state index is 0.0201. The molecular formula is C18H18Cl2N2O. The molecule has 3 rings (SSSR count). The van der Waals surface area contributed by atoms with Crippen LogP contribution in [-0.2, 0) is 24.3 Å². The number of nitrogens with zero attached hydrogens (tertiary/aromatic N) is 1. The molecule has 0 fully saturated rings. The van der Waals surface area contributed by atoms with Crippen LogP contribution >= 0.6 is 23.2 Å². The van der Waals surface area contributed by atoms with Gasteiger partial charge in [0.1, 0.15) is 0 Å². The van der Waals surface area contributed by atoms with E-state index in [1.807, 2.05) is 24.0 Å². The summed E-state index contributed by atoms with van der Waals surface area (Å²) in [5.41, 5.74) is 9.94. The second kappa shape index (κ2) is 6.52. The third-order valence-electron chi connectivity index (χ3n) is 4.49. The van der Waals surface area contributed by atoms with Crippen molar-refractivity contribution in [1.82, 2.24) is 4.90 Å². The molecule has 0 saturated heterocycles. The summed E-state index contributed by atoms with van der Waals surface area (Å²) in [7, 11) is 0. The zero-order valence-corrected chi connectivity index (χ0v) is 14.4. The Balaban J connectivity index is 1.85. The van der Waals surface area contributed by atoms with Gasteiger partial charge in [-0.25, -0.2) is 0 Å². The van der Waals surface area contributed by atoms with E-state index in [2.05, 4.69) is 6.07 Å². The van der Waals surface area contributed by atoms with Gasteiger partial charge in [0.2, 0.25) is 5.91 Å². The van der Waals surface area contributed by atoms with Gasteiger partial charge in [0.05, 0.1) is 12.5 Å². The lowest BCUT2D eigenvalue weighted by atomic mass is 10.0. The third kappa shape index (κ3) is 2.97. The molecule has 23 heavy (non-hydrogen) atoms. The van der Waals surface area contributed by atoms with E-state index in [0.29, 0.717) is 28.7 Å². The molecule has 0 bridgehead atoms. The molecule has 3 nitrogen and oxygen atoms in total. The van der Waals surface area contributed by atoms with Gasteiger partial charge in [-0.1, -0.05) is 47.5 Å². The summed E-state index contributed by atoms with van der Waals surface area (Å²) in [6.07, 6.45) is 0.203. The van der Waals surface area contributed by atoms with E-state index in [1.54, 1.807) is 18.2 Å². The van der Waals surface area contributed by atoms with Crippen molar-refractivity contribution >= 4 is 29.1 Å². The zero-order valence-electron chi connectivity index (χ0n) is 12.9. The fraction of sp³-hybridized carbons (Fsp3) is 0.278. The molecule has 1 aliphatic rings. The first-order chi connectivity index (χ1) is 11.0. The molecule has 0 aliphatic carbocycles. The maximum Gasteiger partial charge on any atom is 0.227 e. The van der Waals surface area contributed by atoms with Gasteiger partial charge in [0, 0.05) is 23.1 Å². The predicted octanol–water partition coefficient (Wildman–Crippen LogP) is 4.10. The lowest BCUT2D eigenvalue weighted by Gasteiger charge is -2.22. The van der Waals surface area contributed by atoms with E-state index in [9.17, 15) is 4.79 Å². The van der Waals surface area contributed by atoms with Crippen LogP contribution in [0.4, 0.5) is 0 Å². The number of amides is 1. The van der Waals surface area contributed by atoms with Crippen LogP contribution in [0, 0.1) is 0 Å². The molecular weight excluding hydrogens is 331 g/mol. The van der Waals surface area contributed by atoms with Gasteiger partial charge in [-0.15, -0.1) is 0 Å². The van der Waals surface area contributed by atoms with E-state index in [0.717, 1.165) is 5.56 Å². The van der Waals surface area contributed by atoms with Crippen LogP contribution in [-0.4, -0.2) is 10.8 Å². The Kier molecular flexibility index (Phi) is 4.62. The largest absolute Gasteiger partial charge is 0.331 e. The van der Waals surface area contributed by atoms with Gasteiger partial charge in [-0.3, -0.25) is 4.79 Å². The van der Waals surface area contributed by atoms with Gasteiger partial charge in [0.15, 0.2) is 0 Å². The summed E-state index contributed by atoms with van der Waals surface area (Å²) >= 11 is 12.4. The average molecular weight is 349 g/mol. The number of hydrogen-bond donors (Lipinski definition) is 1. The van der Waals surface area contributed by atoms with E-state index in [4.69, 9.17) is 28.9 Å². The summed E-state index contributed by atoms with van der Waals surface area (Å²) in [5.74, 6) is 0.0201. The Morgan fingerprint density at radius 3 is 2.52 bits per heavy atom. The first-order valence-electron chi connectivity index (χ1n) is 7.56.